The Morgan fingerprint density at radius 1 is 1.00 bits per heavy atom. The predicted octanol–water partition coefficient (Wildman–Crippen LogP) is 3.92. The maximum absolute atomic E-state index is 10.2. The molecule has 0 atom stereocenters. The molecule has 29 heavy (non-hydrogen) atoms. The van der Waals surface area contributed by atoms with Gasteiger partial charge in [-0.1, -0.05) is 62.7 Å². The first-order chi connectivity index (χ1) is 13.6. The van der Waals surface area contributed by atoms with E-state index in [2.05, 4.69) is 35.8 Å². The summed E-state index contributed by atoms with van der Waals surface area (Å²) in [6.07, 6.45) is 2.88. The van der Waals surface area contributed by atoms with Crippen molar-refractivity contribution in [1.82, 2.24) is 0 Å². The number of aliphatic hydroxyl groups is 1. The van der Waals surface area contributed by atoms with Crippen molar-refractivity contribution in [2.24, 2.45) is 0 Å². The van der Waals surface area contributed by atoms with Crippen molar-refractivity contribution in [3.63, 3.8) is 0 Å². The molecule has 0 unspecified atom stereocenters. The zero-order valence-corrected chi connectivity index (χ0v) is 17.8. The van der Waals surface area contributed by atoms with Gasteiger partial charge in [-0.05, 0) is 31.9 Å². The Balaban J connectivity index is -0.000000313. The fourth-order valence-electron chi connectivity index (χ4n) is 0.969. The van der Waals surface area contributed by atoms with Crippen LogP contribution < -0.4 is 0 Å². The van der Waals surface area contributed by atoms with Gasteiger partial charge in [0.1, 0.15) is 6.61 Å². The summed E-state index contributed by atoms with van der Waals surface area (Å²) in [5, 5.41) is 8.10. The summed E-state index contributed by atoms with van der Waals surface area (Å²) >= 11 is 0. The van der Waals surface area contributed by atoms with E-state index in [1.54, 1.807) is 13.8 Å². The molecule has 0 heterocycles. The summed E-state index contributed by atoms with van der Waals surface area (Å²) in [7, 11) is 1.33. The van der Waals surface area contributed by atoms with Crippen molar-refractivity contribution in [3.05, 3.63) is 79.4 Å². The number of carbonyl (C=O) groups excluding carboxylic acids is 3. The number of hydrogen-bond acceptors (Lipinski definition) is 6. The van der Waals surface area contributed by atoms with Crippen LogP contribution in [0.2, 0.25) is 0 Å². The van der Waals surface area contributed by atoms with Crippen LogP contribution in [-0.4, -0.2) is 43.2 Å². The minimum Gasteiger partial charge on any atom is -0.466 e. The average molecular weight is 405 g/mol. The third-order valence-corrected chi connectivity index (χ3v) is 2.67. The number of benzene rings is 1. The molecule has 0 aromatic heterocycles. The third kappa shape index (κ3) is 24.8. The molecule has 6 heteroatoms. The Bertz CT molecular complexity index is 647. The fourth-order valence-corrected chi connectivity index (χ4v) is 0.969. The lowest BCUT2D eigenvalue weighted by atomic mass is 10.2. The van der Waals surface area contributed by atoms with Gasteiger partial charge >= 0.3 is 11.9 Å². The first kappa shape index (κ1) is 30.5. The summed E-state index contributed by atoms with van der Waals surface area (Å²) in [5.41, 5.74) is 2.23. The SMILES string of the molecule is C=C(C)C(=O)OC.C=C(C)C(C)=O.C=CC(=O)OCCO.C=Cc1ccccc1. The second-order valence-electron chi connectivity index (χ2n) is 5.32. The smallest absolute Gasteiger partial charge is 0.332 e. The van der Waals surface area contributed by atoms with Crippen LogP contribution in [0.5, 0.6) is 0 Å². The molecule has 0 bridgehead atoms. The Kier molecular flexibility index (Phi) is 22.1. The van der Waals surface area contributed by atoms with Crippen molar-refractivity contribution in [2.45, 2.75) is 20.8 Å². The number of hydrogen-bond donors (Lipinski definition) is 1. The van der Waals surface area contributed by atoms with Gasteiger partial charge in [-0.3, -0.25) is 4.79 Å². The number of allylic oxidation sites excluding steroid dienone is 1. The molecule has 0 radical (unpaired) electrons. The second-order valence-corrected chi connectivity index (χ2v) is 5.32. The molecule has 0 fully saturated rings. The summed E-state index contributed by atoms with van der Waals surface area (Å²) in [6.45, 7) is 18.3. The number of Topliss-reactive ketones (excluding diaryl/α,β-unsaturated/α-hetero) is 1. The van der Waals surface area contributed by atoms with Crippen molar-refractivity contribution in [3.8, 4) is 0 Å². The Morgan fingerprint density at radius 3 is 1.69 bits per heavy atom. The van der Waals surface area contributed by atoms with E-state index in [1.807, 2.05) is 36.4 Å². The monoisotopic (exact) mass is 404 g/mol. The zero-order chi connectivity index (χ0) is 23.2. The number of methoxy groups -OCH3 is 1. The van der Waals surface area contributed by atoms with Crippen molar-refractivity contribution in [1.29, 1.82) is 0 Å². The second kappa shape index (κ2) is 21.1. The van der Waals surface area contributed by atoms with Gasteiger partial charge in [0, 0.05) is 11.6 Å². The Labute approximate surface area is 173 Å². The summed E-state index contributed by atoms with van der Waals surface area (Å²) < 4.78 is 8.61. The number of ether oxygens (including phenoxy) is 2. The molecule has 1 aromatic carbocycles. The number of rotatable bonds is 6. The topological polar surface area (TPSA) is 89.9 Å². The first-order valence-corrected chi connectivity index (χ1v) is 8.55. The molecule has 0 saturated heterocycles. The van der Waals surface area contributed by atoms with E-state index in [-0.39, 0.29) is 25.0 Å². The van der Waals surface area contributed by atoms with Crippen LogP contribution in [0.4, 0.5) is 0 Å². The highest BCUT2D eigenvalue weighted by atomic mass is 16.5. The van der Waals surface area contributed by atoms with Gasteiger partial charge in [0.05, 0.1) is 13.7 Å². The van der Waals surface area contributed by atoms with Crippen LogP contribution in [0.1, 0.15) is 26.3 Å². The zero-order valence-electron chi connectivity index (χ0n) is 17.8. The van der Waals surface area contributed by atoms with Gasteiger partial charge in [0.25, 0.3) is 0 Å². The van der Waals surface area contributed by atoms with E-state index in [0.717, 1.165) is 6.08 Å². The lowest BCUT2D eigenvalue weighted by molar-refractivity contribution is -0.138. The normalized spacial score (nSPS) is 8.03. The number of esters is 2. The van der Waals surface area contributed by atoms with E-state index < -0.39 is 5.97 Å². The van der Waals surface area contributed by atoms with Crippen LogP contribution >= 0.6 is 0 Å². The van der Waals surface area contributed by atoms with Crippen molar-refractivity contribution < 1.29 is 29.0 Å². The van der Waals surface area contributed by atoms with E-state index in [0.29, 0.717) is 11.1 Å². The Hall–Kier alpha value is -3.25. The lowest BCUT2D eigenvalue weighted by Crippen LogP contribution is -2.04. The molecule has 1 N–H and O–H groups in total. The highest BCUT2D eigenvalue weighted by Crippen LogP contribution is 1.97. The lowest BCUT2D eigenvalue weighted by Gasteiger charge is -1.94. The van der Waals surface area contributed by atoms with Crippen molar-refractivity contribution in [2.75, 3.05) is 20.3 Å². The highest BCUT2D eigenvalue weighted by molar-refractivity contribution is 5.91. The molecule has 0 aliphatic heterocycles. The standard InChI is InChI=1S/C8H8.C5H8O3.C5H8O2.C5H8O/c1-2-8-6-4-3-5-7-8;1-2-5(7)8-4-3-6;1-4(2)5(6)7-3;1-4(2)5(3)6/h2-7H,1H2;2,6H,1,3-4H2;1H2,2-3H3;1H2,2-3H3. The maximum atomic E-state index is 10.2. The maximum Gasteiger partial charge on any atom is 0.332 e. The predicted molar refractivity (Wildman–Crippen MR) is 117 cm³/mol. The molecule has 0 saturated carbocycles. The van der Waals surface area contributed by atoms with E-state index in [4.69, 9.17) is 5.11 Å². The molecule has 0 spiro atoms. The van der Waals surface area contributed by atoms with Gasteiger partial charge in [-0.2, -0.15) is 0 Å². The van der Waals surface area contributed by atoms with Gasteiger partial charge in [0.2, 0.25) is 0 Å². The van der Waals surface area contributed by atoms with E-state index in [1.165, 1.54) is 19.6 Å². The largest absolute Gasteiger partial charge is 0.466 e. The minimum atomic E-state index is -0.501. The van der Waals surface area contributed by atoms with Gasteiger partial charge in [-0.25, -0.2) is 9.59 Å². The van der Waals surface area contributed by atoms with Gasteiger partial charge in [-0.15, -0.1) is 0 Å². The molecule has 160 valence electrons. The van der Waals surface area contributed by atoms with Crippen molar-refractivity contribution >= 4 is 23.8 Å². The molecule has 0 aliphatic rings. The van der Waals surface area contributed by atoms with E-state index in [9.17, 15) is 14.4 Å². The van der Waals surface area contributed by atoms with Crippen LogP contribution in [-0.2, 0) is 23.9 Å². The molecule has 0 amide bonds. The fraction of sp³-hybridized carbons (Fsp3) is 0.261. The molecule has 0 aliphatic carbocycles. The van der Waals surface area contributed by atoms with Crippen LogP contribution in [0, 0.1) is 0 Å². The molecular weight excluding hydrogens is 372 g/mol. The van der Waals surface area contributed by atoms with Crippen LogP contribution in [0.25, 0.3) is 6.08 Å². The van der Waals surface area contributed by atoms with Gasteiger partial charge < -0.3 is 14.6 Å². The highest BCUT2D eigenvalue weighted by Gasteiger charge is 1.95. The van der Waals surface area contributed by atoms with Crippen LogP contribution in [0.3, 0.4) is 0 Å². The quantitative estimate of drug-likeness (QED) is 0.571. The summed E-state index contributed by atoms with van der Waals surface area (Å²) in [6, 6.07) is 10.0. The molecular formula is C23H32O6. The summed E-state index contributed by atoms with van der Waals surface area (Å²) in [4.78, 5) is 30.4. The van der Waals surface area contributed by atoms with Crippen LogP contribution in [0.15, 0.2) is 73.9 Å². The van der Waals surface area contributed by atoms with Gasteiger partial charge in [0.15, 0.2) is 5.78 Å². The number of ketones is 1. The third-order valence-electron chi connectivity index (χ3n) is 2.67. The summed E-state index contributed by atoms with van der Waals surface area (Å²) in [5.74, 6) is -0.783. The average Bonchev–Trinajstić information content (AvgIpc) is 2.73. The molecule has 1 rings (SSSR count). The number of carbonyl (C=O) groups is 3. The van der Waals surface area contributed by atoms with E-state index >= 15 is 0 Å². The minimum absolute atomic E-state index is 0.0465. The number of aliphatic hydroxyl groups excluding tert-OH is 1. The molecule has 1 aromatic rings. The molecule has 6 nitrogen and oxygen atoms in total. The Morgan fingerprint density at radius 2 is 1.48 bits per heavy atom. The first-order valence-electron chi connectivity index (χ1n) is 8.55.